The largest absolute Gasteiger partial charge is 0.497 e. The third-order valence-corrected chi connectivity index (χ3v) is 4.28. The first-order valence-corrected chi connectivity index (χ1v) is 8.87. The lowest BCUT2D eigenvalue weighted by Gasteiger charge is -2.14. The van der Waals surface area contributed by atoms with E-state index in [-0.39, 0.29) is 12.0 Å². The molecule has 4 aromatic rings. The van der Waals surface area contributed by atoms with Crippen molar-refractivity contribution >= 4 is 22.5 Å². The van der Waals surface area contributed by atoms with Crippen molar-refractivity contribution in [1.82, 2.24) is 19.9 Å². The smallest absolute Gasteiger partial charge is 0.232 e. The van der Waals surface area contributed by atoms with E-state index >= 15 is 0 Å². The van der Waals surface area contributed by atoms with Gasteiger partial charge in [-0.15, -0.1) is 5.10 Å². The molecule has 0 bridgehead atoms. The van der Waals surface area contributed by atoms with Crippen LogP contribution >= 0.6 is 0 Å². The Bertz CT molecular complexity index is 1150. The number of furan rings is 1. The molecule has 1 aromatic carbocycles. The maximum Gasteiger partial charge on any atom is 0.232 e. The second kappa shape index (κ2) is 7.22. The molecule has 1 atom stereocenters. The highest BCUT2D eigenvalue weighted by atomic mass is 16.5. The van der Waals surface area contributed by atoms with E-state index in [0.29, 0.717) is 29.5 Å². The van der Waals surface area contributed by atoms with Crippen LogP contribution in [-0.2, 0) is 4.79 Å². The summed E-state index contributed by atoms with van der Waals surface area (Å²) in [6.07, 6.45) is 1.49. The van der Waals surface area contributed by atoms with Crippen molar-refractivity contribution in [3.05, 3.63) is 42.6 Å². The number of fused-ring (bicyclic) bond motifs is 2. The van der Waals surface area contributed by atoms with Gasteiger partial charge in [-0.25, -0.2) is 9.50 Å². The summed E-state index contributed by atoms with van der Waals surface area (Å²) >= 11 is 0. The molecule has 0 radical (unpaired) electrons. The topological polar surface area (TPSA) is 90.9 Å². The first-order valence-electron chi connectivity index (χ1n) is 8.87. The Hall–Kier alpha value is -3.55. The Morgan fingerprint density at radius 3 is 2.93 bits per heavy atom. The van der Waals surface area contributed by atoms with Crippen LogP contribution in [0.1, 0.15) is 13.8 Å². The summed E-state index contributed by atoms with van der Waals surface area (Å²) in [5, 5.41) is 8.20. The zero-order valence-electron chi connectivity index (χ0n) is 15.8. The van der Waals surface area contributed by atoms with E-state index in [0.717, 1.165) is 16.7 Å². The fourth-order valence-corrected chi connectivity index (χ4v) is 2.89. The average molecular weight is 380 g/mol. The van der Waals surface area contributed by atoms with Crippen LogP contribution in [0.4, 0.5) is 0 Å². The Labute approximate surface area is 161 Å². The van der Waals surface area contributed by atoms with Crippen LogP contribution in [0, 0.1) is 0 Å². The molecule has 0 saturated carbocycles. The van der Waals surface area contributed by atoms with Gasteiger partial charge >= 0.3 is 0 Å². The van der Waals surface area contributed by atoms with Gasteiger partial charge in [0.2, 0.25) is 11.8 Å². The Kier molecular flexibility index (Phi) is 4.60. The van der Waals surface area contributed by atoms with Crippen LogP contribution in [0.25, 0.3) is 28.1 Å². The van der Waals surface area contributed by atoms with Crippen LogP contribution in [0.2, 0.25) is 0 Å². The zero-order valence-corrected chi connectivity index (χ0v) is 15.8. The third-order valence-electron chi connectivity index (χ3n) is 4.28. The molecule has 8 heteroatoms. The summed E-state index contributed by atoms with van der Waals surface area (Å²) in [5.74, 6) is 1.71. The molecule has 1 amide bonds. The summed E-state index contributed by atoms with van der Waals surface area (Å²) in [5.41, 5.74) is 2.11. The molecule has 0 saturated heterocycles. The fourth-order valence-electron chi connectivity index (χ4n) is 2.89. The van der Waals surface area contributed by atoms with Gasteiger partial charge in [-0.05, 0) is 31.2 Å². The lowest BCUT2D eigenvalue weighted by Crippen LogP contribution is -2.32. The van der Waals surface area contributed by atoms with Gasteiger partial charge in [-0.1, -0.05) is 0 Å². The van der Waals surface area contributed by atoms with Crippen molar-refractivity contribution < 1.29 is 18.7 Å². The summed E-state index contributed by atoms with van der Waals surface area (Å²) in [6.45, 7) is 3.73. The molecular formula is C20H20N4O4. The molecule has 144 valence electrons. The predicted octanol–water partition coefficient (Wildman–Crippen LogP) is 3.05. The second-order valence-electron chi connectivity index (χ2n) is 6.46. The van der Waals surface area contributed by atoms with Gasteiger partial charge in [-0.3, -0.25) is 4.79 Å². The van der Waals surface area contributed by atoms with E-state index in [4.69, 9.17) is 13.9 Å². The SMILES string of the molecule is COc1ccc2cc(-c3cnc4ccc(O[C@H](C)CNC(C)=O)nn34)oc2c1. The Balaban J connectivity index is 1.65. The van der Waals surface area contributed by atoms with Crippen molar-refractivity contribution in [2.24, 2.45) is 0 Å². The van der Waals surface area contributed by atoms with Gasteiger partial charge < -0.3 is 19.2 Å². The number of aromatic nitrogens is 3. The average Bonchev–Trinajstić information content (AvgIpc) is 3.28. The van der Waals surface area contributed by atoms with Crippen molar-refractivity contribution in [2.75, 3.05) is 13.7 Å². The van der Waals surface area contributed by atoms with Gasteiger partial charge in [0.15, 0.2) is 11.4 Å². The van der Waals surface area contributed by atoms with E-state index < -0.39 is 0 Å². The number of methoxy groups -OCH3 is 1. The molecule has 0 spiro atoms. The first-order chi connectivity index (χ1) is 13.5. The molecule has 0 fully saturated rings. The highest BCUT2D eigenvalue weighted by molar-refractivity contribution is 5.83. The van der Waals surface area contributed by atoms with Crippen LogP contribution < -0.4 is 14.8 Å². The van der Waals surface area contributed by atoms with Crippen molar-refractivity contribution in [1.29, 1.82) is 0 Å². The molecule has 3 heterocycles. The fraction of sp³-hybridized carbons (Fsp3) is 0.250. The number of carbonyl (C=O) groups excluding carboxylic acids is 1. The molecule has 8 nitrogen and oxygen atoms in total. The molecule has 1 N–H and O–H groups in total. The highest BCUT2D eigenvalue weighted by Crippen LogP contribution is 2.30. The van der Waals surface area contributed by atoms with Gasteiger partial charge in [0, 0.05) is 24.4 Å². The van der Waals surface area contributed by atoms with Crippen LogP contribution in [0.15, 0.2) is 47.0 Å². The molecule has 0 unspecified atom stereocenters. The molecule has 0 aliphatic rings. The van der Waals surface area contributed by atoms with E-state index in [1.54, 1.807) is 23.9 Å². The number of rotatable bonds is 6. The van der Waals surface area contributed by atoms with Gasteiger partial charge in [0.1, 0.15) is 23.1 Å². The van der Waals surface area contributed by atoms with Gasteiger partial charge in [-0.2, -0.15) is 0 Å². The number of hydrogen-bond acceptors (Lipinski definition) is 6. The second-order valence-corrected chi connectivity index (χ2v) is 6.46. The standard InChI is InChI=1S/C20H20N4O4/c1-12(10-21-13(2)25)27-20-7-6-19-22-11-16(24(19)23-20)18-8-14-4-5-15(26-3)9-17(14)28-18/h4-9,11-12H,10H2,1-3H3,(H,21,25)/t12-/m1/s1. The summed E-state index contributed by atoms with van der Waals surface area (Å²) in [6, 6.07) is 11.2. The molecular weight excluding hydrogens is 360 g/mol. The van der Waals surface area contributed by atoms with Crippen LogP contribution in [-0.4, -0.2) is 40.3 Å². The number of benzene rings is 1. The molecule has 0 aliphatic carbocycles. The maximum absolute atomic E-state index is 11.0. The zero-order chi connectivity index (χ0) is 19.7. The van der Waals surface area contributed by atoms with Gasteiger partial charge in [0.05, 0.1) is 19.9 Å². The van der Waals surface area contributed by atoms with E-state index in [1.165, 1.54) is 6.92 Å². The minimum absolute atomic E-state index is 0.0997. The minimum Gasteiger partial charge on any atom is -0.497 e. The molecule has 4 rings (SSSR count). The number of nitrogens with one attached hydrogen (secondary N) is 1. The quantitative estimate of drug-likeness (QED) is 0.553. The van der Waals surface area contributed by atoms with Crippen LogP contribution in [0.3, 0.4) is 0 Å². The lowest BCUT2D eigenvalue weighted by atomic mass is 10.2. The first kappa shape index (κ1) is 17.8. The number of amides is 1. The Morgan fingerprint density at radius 2 is 2.14 bits per heavy atom. The molecule has 0 aliphatic heterocycles. The number of ether oxygens (including phenoxy) is 2. The van der Waals surface area contributed by atoms with Crippen LogP contribution in [0.5, 0.6) is 11.6 Å². The van der Waals surface area contributed by atoms with Gasteiger partial charge in [0.25, 0.3) is 0 Å². The van der Waals surface area contributed by atoms with E-state index in [2.05, 4.69) is 15.4 Å². The predicted molar refractivity (Wildman–Crippen MR) is 104 cm³/mol. The number of carbonyl (C=O) groups is 1. The molecule has 28 heavy (non-hydrogen) atoms. The summed E-state index contributed by atoms with van der Waals surface area (Å²) in [7, 11) is 1.62. The molecule has 3 aromatic heterocycles. The van der Waals surface area contributed by atoms with Crippen molar-refractivity contribution in [3.63, 3.8) is 0 Å². The van der Waals surface area contributed by atoms with E-state index in [1.807, 2.05) is 37.3 Å². The van der Waals surface area contributed by atoms with Crippen molar-refractivity contribution in [2.45, 2.75) is 20.0 Å². The lowest BCUT2D eigenvalue weighted by molar-refractivity contribution is -0.119. The Morgan fingerprint density at radius 1 is 1.29 bits per heavy atom. The summed E-state index contributed by atoms with van der Waals surface area (Å²) < 4.78 is 18.7. The minimum atomic E-state index is -0.223. The van der Waals surface area contributed by atoms with E-state index in [9.17, 15) is 4.79 Å². The maximum atomic E-state index is 11.0. The summed E-state index contributed by atoms with van der Waals surface area (Å²) in [4.78, 5) is 15.4. The number of hydrogen-bond donors (Lipinski definition) is 1. The number of imidazole rings is 1. The monoisotopic (exact) mass is 380 g/mol. The highest BCUT2D eigenvalue weighted by Gasteiger charge is 2.14. The van der Waals surface area contributed by atoms with Crippen molar-refractivity contribution in [3.8, 4) is 23.1 Å². The number of nitrogens with zero attached hydrogens (tertiary/aromatic N) is 3. The third kappa shape index (κ3) is 3.48. The normalized spacial score (nSPS) is 12.2.